The molecule has 0 unspecified atom stereocenters. The van der Waals surface area contributed by atoms with Crippen molar-refractivity contribution in [1.29, 1.82) is 0 Å². The Morgan fingerprint density at radius 3 is 2.44 bits per heavy atom. The lowest BCUT2D eigenvalue weighted by Gasteiger charge is -2.04. The molecule has 0 bridgehead atoms. The van der Waals surface area contributed by atoms with Gasteiger partial charge in [-0.15, -0.1) is 0 Å². The second-order valence-corrected chi connectivity index (χ2v) is 4.80. The molecule has 1 rings (SSSR count). The first kappa shape index (κ1) is 15.2. The Balaban J connectivity index is 1.82. The maximum absolute atomic E-state index is 5.63. The summed E-state index contributed by atoms with van der Waals surface area (Å²) >= 11 is 0. The number of hydrogen-bond donors (Lipinski definition) is 0. The molecule has 0 fully saturated rings. The fraction of sp³-hybridized carbons (Fsp3) is 0.688. The summed E-state index contributed by atoms with van der Waals surface area (Å²) < 4.78 is 5.63. The minimum atomic E-state index is 0.798. The molecule has 0 N–H and O–H groups in total. The summed E-state index contributed by atoms with van der Waals surface area (Å²) in [5.41, 5.74) is 1.12. The average molecular weight is 249 g/mol. The van der Waals surface area contributed by atoms with Gasteiger partial charge in [0.1, 0.15) is 0 Å². The van der Waals surface area contributed by atoms with Crippen molar-refractivity contribution in [1.82, 2.24) is 4.98 Å². The average Bonchev–Trinajstić information content (AvgIpc) is 2.42. The van der Waals surface area contributed by atoms with E-state index in [1.54, 1.807) is 0 Å². The van der Waals surface area contributed by atoms with Gasteiger partial charge in [0.2, 0.25) is 0 Å². The number of ether oxygens (including phenoxy) is 1. The maximum atomic E-state index is 5.63. The number of rotatable bonds is 11. The van der Waals surface area contributed by atoms with Gasteiger partial charge < -0.3 is 4.74 Å². The molecule has 0 saturated heterocycles. The van der Waals surface area contributed by atoms with Crippen LogP contribution in [0.25, 0.3) is 0 Å². The van der Waals surface area contributed by atoms with Crippen molar-refractivity contribution in [3.8, 4) is 0 Å². The smallest absolute Gasteiger partial charge is 0.0521 e. The van der Waals surface area contributed by atoms with E-state index >= 15 is 0 Å². The fourth-order valence-corrected chi connectivity index (χ4v) is 1.99. The van der Waals surface area contributed by atoms with Gasteiger partial charge >= 0.3 is 0 Å². The lowest BCUT2D eigenvalue weighted by molar-refractivity contribution is 0.132. The van der Waals surface area contributed by atoms with E-state index in [2.05, 4.69) is 18.0 Å². The van der Waals surface area contributed by atoms with Crippen LogP contribution in [0.2, 0.25) is 0 Å². The van der Waals surface area contributed by atoms with Gasteiger partial charge in [-0.2, -0.15) is 0 Å². The van der Waals surface area contributed by atoms with Crippen LogP contribution in [0.15, 0.2) is 24.4 Å². The van der Waals surface area contributed by atoms with E-state index < -0.39 is 0 Å². The highest BCUT2D eigenvalue weighted by Gasteiger charge is 1.94. The summed E-state index contributed by atoms with van der Waals surface area (Å²) in [6.07, 6.45) is 12.2. The van der Waals surface area contributed by atoms with Gasteiger partial charge in [0, 0.05) is 24.9 Å². The van der Waals surface area contributed by atoms with E-state index in [0.717, 1.165) is 25.3 Å². The van der Waals surface area contributed by atoms with E-state index in [1.165, 1.54) is 44.9 Å². The van der Waals surface area contributed by atoms with Crippen molar-refractivity contribution in [3.05, 3.63) is 30.1 Å². The van der Waals surface area contributed by atoms with Crippen molar-refractivity contribution in [2.75, 3.05) is 13.2 Å². The molecule has 2 heteroatoms. The van der Waals surface area contributed by atoms with Crippen molar-refractivity contribution < 1.29 is 4.74 Å². The predicted octanol–water partition coefficient (Wildman–Crippen LogP) is 4.39. The van der Waals surface area contributed by atoms with Gasteiger partial charge in [0.25, 0.3) is 0 Å². The third kappa shape index (κ3) is 8.24. The zero-order chi connectivity index (χ0) is 12.9. The van der Waals surface area contributed by atoms with Crippen molar-refractivity contribution in [2.24, 2.45) is 0 Å². The van der Waals surface area contributed by atoms with Gasteiger partial charge in [-0.05, 0) is 18.6 Å². The first-order valence-corrected chi connectivity index (χ1v) is 7.41. The second kappa shape index (κ2) is 11.2. The molecule has 0 spiro atoms. The quantitative estimate of drug-likeness (QED) is 0.543. The van der Waals surface area contributed by atoms with Crippen molar-refractivity contribution in [2.45, 2.75) is 58.3 Å². The van der Waals surface area contributed by atoms with E-state index in [-0.39, 0.29) is 0 Å². The number of hydrogen-bond acceptors (Lipinski definition) is 2. The van der Waals surface area contributed by atoms with E-state index in [9.17, 15) is 0 Å². The van der Waals surface area contributed by atoms with E-state index in [4.69, 9.17) is 4.74 Å². The molecular weight excluding hydrogens is 222 g/mol. The largest absolute Gasteiger partial charge is 0.381 e. The molecule has 0 atom stereocenters. The number of nitrogens with zero attached hydrogens (tertiary/aromatic N) is 1. The molecule has 1 aromatic heterocycles. The minimum absolute atomic E-state index is 0.798. The molecule has 0 aliphatic rings. The van der Waals surface area contributed by atoms with Crippen LogP contribution in [0.5, 0.6) is 0 Å². The SMILES string of the molecule is CCCCCCCCCOCCc1ccccn1. The molecule has 102 valence electrons. The Hall–Kier alpha value is -0.890. The zero-order valence-corrected chi connectivity index (χ0v) is 11.7. The Morgan fingerprint density at radius 1 is 0.944 bits per heavy atom. The predicted molar refractivity (Wildman–Crippen MR) is 76.8 cm³/mol. The molecule has 0 aromatic carbocycles. The Labute approximate surface area is 112 Å². The lowest BCUT2D eigenvalue weighted by Crippen LogP contribution is -2.01. The molecular formula is C16H27NO. The molecule has 18 heavy (non-hydrogen) atoms. The van der Waals surface area contributed by atoms with Crippen LogP contribution in [-0.4, -0.2) is 18.2 Å². The first-order chi connectivity index (χ1) is 8.93. The lowest BCUT2D eigenvalue weighted by atomic mass is 10.1. The topological polar surface area (TPSA) is 22.1 Å². The fourth-order valence-electron chi connectivity index (χ4n) is 1.99. The van der Waals surface area contributed by atoms with Gasteiger partial charge in [-0.25, -0.2) is 0 Å². The monoisotopic (exact) mass is 249 g/mol. The van der Waals surface area contributed by atoms with Crippen LogP contribution in [0, 0.1) is 0 Å². The number of pyridine rings is 1. The Morgan fingerprint density at radius 2 is 1.72 bits per heavy atom. The summed E-state index contributed by atoms with van der Waals surface area (Å²) in [6, 6.07) is 6.03. The second-order valence-electron chi connectivity index (χ2n) is 4.80. The molecule has 0 aliphatic heterocycles. The highest BCUT2D eigenvalue weighted by Crippen LogP contribution is 2.06. The summed E-state index contributed by atoms with van der Waals surface area (Å²) in [6.45, 7) is 3.96. The third-order valence-electron chi connectivity index (χ3n) is 3.12. The Kier molecular flexibility index (Phi) is 9.45. The van der Waals surface area contributed by atoms with Gasteiger partial charge in [0.15, 0.2) is 0 Å². The molecule has 1 aromatic rings. The van der Waals surface area contributed by atoms with Crippen LogP contribution in [-0.2, 0) is 11.2 Å². The summed E-state index contributed by atoms with van der Waals surface area (Å²) in [5, 5.41) is 0. The standard InChI is InChI=1S/C16H27NO/c1-2-3-4-5-6-7-10-14-18-15-12-16-11-8-9-13-17-16/h8-9,11,13H,2-7,10,12,14-15H2,1H3. The highest BCUT2D eigenvalue weighted by molar-refractivity contribution is 5.03. The van der Waals surface area contributed by atoms with Gasteiger partial charge in [-0.3, -0.25) is 4.98 Å². The third-order valence-corrected chi connectivity index (χ3v) is 3.12. The number of aromatic nitrogens is 1. The van der Waals surface area contributed by atoms with E-state index in [1.807, 2.05) is 18.3 Å². The summed E-state index contributed by atoms with van der Waals surface area (Å²) in [4.78, 5) is 4.27. The molecule has 0 saturated carbocycles. The maximum Gasteiger partial charge on any atom is 0.0521 e. The Bertz CT molecular complexity index is 274. The van der Waals surface area contributed by atoms with Crippen LogP contribution >= 0.6 is 0 Å². The highest BCUT2D eigenvalue weighted by atomic mass is 16.5. The van der Waals surface area contributed by atoms with Crippen LogP contribution in [0.3, 0.4) is 0 Å². The zero-order valence-electron chi connectivity index (χ0n) is 11.7. The van der Waals surface area contributed by atoms with Crippen molar-refractivity contribution >= 4 is 0 Å². The molecule has 0 radical (unpaired) electrons. The normalized spacial score (nSPS) is 10.7. The number of unbranched alkanes of at least 4 members (excludes halogenated alkanes) is 6. The van der Waals surface area contributed by atoms with Crippen LogP contribution < -0.4 is 0 Å². The van der Waals surface area contributed by atoms with E-state index in [0.29, 0.717) is 0 Å². The summed E-state index contributed by atoms with van der Waals surface area (Å²) in [5.74, 6) is 0. The minimum Gasteiger partial charge on any atom is -0.381 e. The van der Waals surface area contributed by atoms with Gasteiger partial charge in [0.05, 0.1) is 6.61 Å². The molecule has 0 aliphatic carbocycles. The van der Waals surface area contributed by atoms with Crippen LogP contribution in [0.1, 0.15) is 57.6 Å². The van der Waals surface area contributed by atoms with Crippen LogP contribution in [0.4, 0.5) is 0 Å². The molecule has 0 amide bonds. The van der Waals surface area contributed by atoms with Gasteiger partial charge in [-0.1, -0.05) is 51.5 Å². The van der Waals surface area contributed by atoms with Crippen molar-refractivity contribution in [3.63, 3.8) is 0 Å². The summed E-state index contributed by atoms with van der Waals surface area (Å²) in [7, 11) is 0. The molecule has 2 nitrogen and oxygen atoms in total. The molecule has 1 heterocycles. The first-order valence-electron chi connectivity index (χ1n) is 7.41.